The first-order valence-electron chi connectivity index (χ1n) is 5.80. The first kappa shape index (κ1) is 11.9. The predicted molar refractivity (Wildman–Crippen MR) is 69.8 cm³/mol. The van der Waals surface area contributed by atoms with Crippen LogP contribution in [0.4, 0.5) is 0 Å². The molecule has 0 saturated heterocycles. The van der Waals surface area contributed by atoms with Crippen LogP contribution in [0.5, 0.6) is 5.75 Å². The summed E-state index contributed by atoms with van der Waals surface area (Å²) in [7, 11) is 0. The maximum absolute atomic E-state index is 6.18. The number of benzene rings is 1. The molecule has 1 aliphatic carbocycles. The SMILES string of the molecule is Cc1ccc(Br)cc1OC1(CCN)CCC1. The van der Waals surface area contributed by atoms with E-state index in [0.29, 0.717) is 6.54 Å². The van der Waals surface area contributed by atoms with Gasteiger partial charge in [0.1, 0.15) is 11.4 Å². The van der Waals surface area contributed by atoms with Crippen molar-refractivity contribution in [3.05, 3.63) is 28.2 Å². The number of rotatable bonds is 4. The van der Waals surface area contributed by atoms with E-state index in [-0.39, 0.29) is 5.60 Å². The fourth-order valence-corrected chi connectivity index (χ4v) is 2.49. The summed E-state index contributed by atoms with van der Waals surface area (Å²) in [5.41, 5.74) is 6.86. The fourth-order valence-electron chi connectivity index (χ4n) is 2.15. The maximum Gasteiger partial charge on any atom is 0.124 e. The van der Waals surface area contributed by atoms with Crippen molar-refractivity contribution < 1.29 is 4.74 Å². The van der Waals surface area contributed by atoms with Crippen LogP contribution in [0.1, 0.15) is 31.2 Å². The summed E-state index contributed by atoms with van der Waals surface area (Å²) in [6.45, 7) is 2.78. The molecule has 2 N–H and O–H groups in total. The summed E-state index contributed by atoms with van der Waals surface area (Å²) in [5, 5.41) is 0. The van der Waals surface area contributed by atoms with Gasteiger partial charge < -0.3 is 10.5 Å². The van der Waals surface area contributed by atoms with Gasteiger partial charge in [0.25, 0.3) is 0 Å². The summed E-state index contributed by atoms with van der Waals surface area (Å²) < 4.78 is 7.25. The molecule has 0 aromatic heterocycles. The zero-order valence-electron chi connectivity index (χ0n) is 9.63. The summed E-state index contributed by atoms with van der Waals surface area (Å²) in [6, 6.07) is 6.17. The molecule has 0 radical (unpaired) electrons. The van der Waals surface area contributed by atoms with Gasteiger partial charge in [-0.15, -0.1) is 0 Å². The molecule has 2 nitrogen and oxygen atoms in total. The Labute approximate surface area is 105 Å². The number of aryl methyl sites for hydroxylation is 1. The summed E-state index contributed by atoms with van der Waals surface area (Å²) in [5.74, 6) is 0.988. The second-order valence-corrected chi connectivity index (χ2v) is 5.50. The summed E-state index contributed by atoms with van der Waals surface area (Å²) in [4.78, 5) is 0. The molecule has 0 unspecified atom stereocenters. The molecular formula is C13H18BrNO. The van der Waals surface area contributed by atoms with Crippen LogP contribution in [0.3, 0.4) is 0 Å². The van der Waals surface area contributed by atoms with Crippen LogP contribution in [0, 0.1) is 6.92 Å². The molecule has 1 aromatic carbocycles. The van der Waals surface area contributed by atoms with E-state index in [0.717, 1.165) is 29.5 Å². The van der Waals surface area contributed by atoms with Crippen LogP contribution < -0.4 is 10.5 Å². The molecule has 1 aromatic rings. The van der Waals surface area contributed by atoms with Gasteiger partial charge in [-0.25, -0.2) is 0 Å². The summed E-state index contributed by atoms with van der Waals surface area (Å²) >= 11 is 3.48. The number of ether oxygens (including phenoxy) is 1. The minimum absolute atomic E-state index is 0.0142. The minimum atomic E-state index is 0.0142. The van der Waals surface area contributed by atoms with Crippen molar-refractivity contribution in [1.82, 2.24) is 0 Å². The minimum Gasteiger partial charge on any atom is -0.487 e. The monoisotopic (exact) mass is 283 g/mol. The van der Waals surface area contributed by atoms with Gasteiger partial charge in [-0.05, 0) is 56.8 Å². The van der Waals surface area contributed by atoms with Crippen LogP contribution in [0.2, 0.25) is 0 Å². The first-order valence-corrected chi connectivity index (χ1v) is 6.60. The molecule has 3 heteroatoms. The van der Waals surface area contributed by atoms with Crippen LogP contribution in [0.25, 0.3) is 0 Å². The highest BCUT2D eigenvalue weighted by Gasteiger charge is 2.38. The van der Waals surface area contributed by atoms with Crippen LogP contribution >= 0.6 is 15.9 Å². The average molecular weight is 284 g/mol. The number of hydrogen-bond acceptors (Lipinski definition) is 2. The standard InChI is InChI=1S/C13H18BrNO/c1-10-3-4-11(14)9-12(10)16-13(7-8-15)5-2-6-13/h3-4,9H,2,5-8,15H2,1H3. The second-order valence-electron chi connectivity index (χ2n) is 4.59. The molecule has 0 atom stereocenters. The lowest BCUT2D eigenvalue weighted by Crippen LogP contribution is -2.44. The molecule has 0 amide bonds. The lowest BCUT2D eigenvalue weighted by molar-refractivity contribution is -0.0130. The molecule has 2 rings (SSSR count). The molecule has 0 spiro atoms. The van der Waals surface area contributed by atoms with E-state index in [1.807, 2.05) is 12.1 Å². The Morgan fingerprint density at radius 3 is 2.75 bits per heavy atom. The Bertz CT molecular complexity index is 374. The van der Waals surface area contributed by atoms with E-state index in [1.54, 1.807) is 0 Å². The normalized spacial score (nSPS) is 17.9. The third-order valence-electron chi connectivity index (χ3n) is 3.34. The second kappa shape index (κ2) is 4.76. The summed E-state index contributed by atoms with van der Waals surface area (Å²) in [6.07, 6.45) is 4.48. The maximum atomic E-state index is 6.18. The largest absolute Gasteiger partial charge is 0.487 e. The third-order valence-corrected chi connectivity index (χ3v) is 3.83. The van der Waals surface area contributed by atoms with E-state index in [9.17, 15) is 0 Å². The third kappa shape index (κ3) is 2.41. The van der Waals surface area contributed by atoms with Crippen molar-refractivity contribution in [1.29, 1.82) is 0 Å². The van der Waals surface area contributed by atoms with E-state index in [2.05, 4.69) is 28.9 Å². The van der Waals surface area contributed by atoms with Gasteiger partial charge in [0, 0.05) is 4.47 Å². The van der Waals surface area contributed by atoms with Gasteiger partial charge in [-0.3, -0.25) is 0 Å². The Morgan fingerprint density at radius 1 is 1.44 bits per heavy atom. The van der Waals surface area contributed by atoms with Crippen molar-refractivity contribution >= 4 is 15.9 Å². The fraction of sp³-hybridized carbons (Fsp3) is 0.538. The molecule has 0 bridgehead atoms. The molecule has 16 heavy (non-hydrogen) atoms. The van der Waals surface area contributed by atoms with Crippen molar-refractivity contribution in [3.63, 3.8) is 0 Å². The van der Waals surface area contributed by atoms with Gasteiger partial charge in [0.05, 0.1) is 0 Å². The number of halogens is 1. The van der Waals surface area contributed by atoms with Gasteiger partial charge in [-0.2, -0.15) is 0 Å². The highest BCUT2D eigenvalue weighted by atomic mass is 79.9. The Balaban J connectivity index is 2.15. The van der Waals surface area contributed by atoms with Crippen molar-refractivity contribution in [2.24, 2.45) is 5.73 Å². The van der Waals surface area contributed by atoms with E-state index in [4.69, 9.17) is 10.5 Å². The Morgan fingerprint density at radius 2 is 2.19 bits per heavy atom. The molecule has 0 heterocycles. The van der Waals surface area contributed by atoms with E-state index in [1.165, 1.54) is 12.0 Å². The quantitative estimate of drug-likeness (QED) is 0.919. The Kier molecular flexibility index (Phi) is 3.55. The average Bonchev–Trinajstić information content (AvgIpc) is 2.20. The molecule has 1 aliphatic rings. The number of nitrogens with two attached hydrogens (primary N) is 1. The van der Waals surface area contributed by atoms with E-state index < -0.39 is 0 Å². The van der Waals surface area contributed by atoms with Gasteiger partial charge in [0.15, 0.2) is 0 Å². The van der Waals surface area contributed by atoms with E-state index >= 15 is 0 Å². The molecule has 88 valence electrons. The molecule has 0 aliphatic heterocycles. The van der Waals surface area contributed by atoms with Crippen molar-refractivity contribution in [3.8, 4) is 5.75 Å². The first-order chi connectivity index (χ1) is 7.65. The topological polar surface area (TPSA) is 35.2 Å². The molecular weight excluding hydrogens is 266 g/mol. The van der Waals surface area contributed by atoms with Crippen molar-refractivity contribution in [2.75, 3.05) is 6.54 Å². The highest BCUT2D eigenvalue weighted by molar-refractivity contribution is 9.10. The number of hydrogen-bond donors (Lipinski definition) is 1. The molecule has 1 fully saturated rings. The van der Waals surface area contributed by atoms with Crippen molar-refractivity contribution in [2.45, 2.75) is 38.2 Å². The van der Waals surface area contributed by atoms with Gasteiger partial charge >= 0.3 is 0 Å². The van der Waals surface area contributed by atoms with Crippen LogP contribution in [0.15, 0.2) is 22.7 Å². The lowest BCUT2D eigenvalue weighted by Gasteiger charge is -2.42. The molecule has 1 saturated carbocycles. The Hall–Kier alpha value is -0.540. The smallest absolute Gasteiger partial charge is 0.124 e. The van der Waals surface area contributed by atoms with Crippen LogP contribution in [-0.4, -0.2) is 12.1 Å². The van der Waals surface area contributed by atoms with Crippen LogP contribution in [-0.2, 0) is 0 Å². The zero-order valence-corrected chi connectivity index (χ0v) is 11.2. The highest BCUT2D eigenvalue weighted by Crippen LogP contribution is 2.40. The van der Waals surface area contributed by atoms with Gasteiger partial charge in [-0.1, -0.05) is 22.0 Å². The predicted octanol–water partition coefficient (Wildman–Crippen LogP) is 3.41. The van der Waals surface area contributed by atoms with Gasteiger partial charge in [0.2, 0.25) is 0 Å². The lowest BCUT2D eigenvalue weighted by atomic mass is 9.77. The zero-order chi connectivity index (χ0) is 11.6.